The molecule has 2 aromatic heterocycles. The summed E-state index contributed by atoms with van der Waals surface area (Å²) >= 11 is 0. The molecule has 5 nitrogen and oxygen atoms in total. The summed E-state index contributed by atoms with van der Waals surface area (Å²) in [6, 6.07) is 5.42. The van der Waals surface area contributed by atoms with E-state index >= 15 is 0 Å². The molecule has 110 valence electrons. The van der Waals surface area contributed by atoms with Gasteiger partial charge >= 0.3 is 5.97 Å². The maximum absolute atomic E-state index is 12.0. The third-order valence-corrected chi connectivity index (χ3v) is 3.14. The minimum atomic E-state index is -0.432. The van der Waals surface area contributed by atoms with E-state index < -0.39 is 5.97 Å². The first kappa shape index (κ1) is 15.0. The van der Waals surface area contributed by atoms with Gasteiger partial charge in [0.2, 0.25) is 5.78 Å². The second-order valence-electron chi connectivity index (χ2n) is 5.06. The Kier molecular flexibility index (Phi) is 4.52. The average Bonchev–Trinajstić information content (AvgIpc) is 2.78. The fraction of sp³-hybridized carbons (Fsp3) is 0.312. The first-order chi connectivity index (χ1) is 9.95. The number of carbonyl (C=O) groups excluding carboxylic acids is 2. The summed E-state index contributed by atoms with van der Waals surface area (Å²) in [6.07, 6.45) is 1.75. The van der Waals surface area contributed by atoms with E-state index in [1.807, 2.05) is 32.9 Å². The number of ketones is 1. The van der Waals surface area contributed by atoms with Crippen molar-refractivity contribution in [1.82, 2.24) is 9.97 Å². The van der Waals surface area contributed by atoms with Gasteiger partial charge in [0.15, 0.2) is 6.61 Å². The van der Waals surface area contributed by atoms with Crippen molar-refractivity contribution in [3.8, 4) is 0 Å². The molecule has 1 N–H and O–H groups in total. The number of aromatic nitrogens is 2. The van der Waals surface area contributed by atoms with E-state index in [1.165, 1.54) is 0 Å². The molecule has 0 spiro atoms. The van der Waals surface area contributed by atoms with Crippen molar-refractivity contribution < 1.29 is 14.3 Å². The molecule has 0 fully saturated rings. The third kappa shape index (κ3) is 4.02. The Morgan fingerprint density at radius 3 is 2.57 bits per heavy atom. The summed E-state index contributed by atoms with van der Waals surface area (Å²) in [6.45, 7) is 5.33. The van der Waals surface area contributed by atoms with Crippen LogP contribution in [0, 0.1) is 20.8 Å². The molecule has 0 bridgehead atoms. The molecule has 0 unspecified atom stereocenters. The number of rotatable bonds is 5. The monoisotopic (exact) mass is 286 g/mol. The zero-order chi connectivity index (χ0) is 15.4. The van der Waals surface area contributed by atoms with Crippen molar-refractivity contribution in [2.75, 3.05) is 6.61 Å². The standard InChI is InChI=1S/C16H18N2O3/c1-10-4-5-13(8-17-10)7-16(20)21-9-15(19)14-6-11(2)18-12(14)3/h4-6,8,18H,7,9H2,1-3H3. The summed E-state index contributed by atoms with van der Waals surface area (Å²) < 4.78 is 5.03. The molecule has 0 saturated heterocycles. The molecule has 2 heterocycles. The van der Waals surface area contributed by atoms with Gasteiger partial charge < -0.3 is 9.72 Å². The van der Waals surface area contributed by atoms with Crippen molar-refractivity contribution in [2.24, 2.45) is 0 Å². The molecule has 0 atom stereocenters. The molecule has 2 rings (SSSR count). The minimum absolute atomic E-state index is 0.117. The maximum atomic E-state index is 12.0. The van der Waals surface area contributed by atoms with Crippen molar-refractivity contribution >= 4 is 11.8 Å². The number of aromatic amines is 1. The number of hydrogen-bond donors (Lipinski definition) is 1. The van der Waals surface area contributed by atoms with Gasteiger partial charge in [-0.2, -0.15) is 0 Å². The number of ether oxygens (including phenoxy) is 1. The Bertz CT molecular complexity index is 657. The predicted octanol–water partition coefficient (Wildman–Crippen LogP) is 2.30. The Balaban J connectivity index is 1.88. The normalized spacial score (nSPS) is 10.4. The SMILES string of the molecule is Cc1ccc(CC(=O)OCC(=O)c2cc(C)[nH]c2C)cn1. The van der Waals surface area contributed by atoms with E-state index in [2.05, 4.69) is 9.97 Å². The minimum Gasteiger partial charge on any atom is -0.457 e. The lowest BCUT2D eigenvalue weighted by molar-refractivity contribution is -0.141. The topological polar surface area (TPSA) is 72.1 Å². The van der Waals surface area contributed by atoms with Gasteiger partial charge in [0.25, 0.3) is 0 Å². The molecule has 0 aliphatic heterocycles. The molecule has 0 radical (unpaired) electrons. The lowest BCUT2D eigenvalue weighted by Crippen LogP contribution is -2.16. The van der Waals surface area contributed by atoms with Crippen LogP contribution in [0.3, 0.4) is 0 Å². The second kappa shape index (κ2) is 6.35. The van der Waals surface area contributed by atoms with Gasteiger partial charge in [-0.05, 0) is 38.5 Å². The van der Waals surface area contributed by atoms with Crippen LogP contribution >= 0.6 is 0 Å². The molecule has 0 aromatic carbocycles. The molecule has 0 saturated carbocycles. The molecule has 21 heavy (non-hydrogen) atoms. The van der Waals surface area contributed by atoms with E-state index in [0.717, 1.165) is 22.6 Å². The maximum Gasteiger partial charge on any atom is 0.310 e. The van der Waals surface area contributed by atoms with E-state index in [-0.39, 0.29) is 18.8 Å². The van der Waals surface area contributed by atoms with Crippen LogP contribution in [-0.4, -0.2) is 28.3 Å². The highest BCUT2D eigenvalue weighted by molar-refractivity contribution is 5.99. The van der Waals surface area contributed by atoms with E-state index in [4.69, 9.17) is 4.74 Å². The van der Waals surface area contributed by atoms with Crippen LogP contribution in [-0.2, 0) is 16.0 Å². The molecule has 0 amide bonds. The number of aryl methyl sites for hydroxylation is 3. The Morgan fingerprint density at radius 2 is 2.00 bits per heavy atom. The number of pyridine rings is 1. The van der Waals surface area contributed by atoms with Crippen LogP contribution in [0.1, 0.15) is 33.0 Å². The lowest BCUT2D eigenvalue weighted by Gasteiger charge is -2.04. The van der Waals surface area contributed by atoms with Crippen molar-refractivity contribution in [2.45, 2.75) is 27.2 Å². The molecule has 0 aliphatic rings. The fourth-order valence-corrected chi connectivity index (χ4v) is 2.06. The van der Waals surface area contributed by atoms with Gasteiger partial charge in [-0.15, -0.1) is 0 Å². The van der Waals surface area contributed by atoms with Gasteiger partial charge in [0.05, 0.1) is 6.42 Å². The molecule has 0 aliphatic carbocycles. The number of carbonyl (C=O) groups is 2. The average molecular weight is 286 g/mol. The summed E-state index contributed by atoms with van der Waals surface area (Å²) in [5, 5.41) is 0. The van der Waals surface area contributed by atoms with Gasteiger partial charge in [0, 0.05) is 28.8 Å². The molecule has 5 heteroatoms. The zero-order valence-electron chi connectivity index (χ0n) is 12.4. The van der Waals surface area contributed by atoms with Crippen LogP contribution < -0.4 is 0 Å². The highest BCUT2D eigenvalue weighted by Gasteiger charge is 2.14. The predicted molar refractivity (Wildman–Crippen MR) is 78.2 cm³/mol. The second-order valence-corrected chi connectivity index (χ2v) is 5.06. The van der Waals surface area contributed by atoms with E-state index in [1.54, 1.807) is 12.3 Å². The van der Waals surface area contributed by atoms with Crippen molar-refractivity contribution in [3.63, 3.8) is 0 Å². The Hall–Kier alpha value is -2.43. The Morgan fingerprint density at radius 1 is 1.24 bits per heavy atom. The largest absolute Gasteiger partial charge is 0.457 e. The lowest BCUT2D eigenvalue weighted by atomic mass is 10.1. The van der Waals surface area contributed by atoms with Crippen LogP contribution in [0.15, 0.2) is 24.4 Å². The van der Waals surface area contributed by atoms with Crippen LogP contribution in [0.25, 0.3) is 0 Å². The Labute approximate surface area is 123 Å². The quantitative estimate of drug-likeness (QED) is 0.676. The molecular formula is C16H18N2O3. The number of esters is 1. The number of nitrogens with one attached hydrogen (secondary N) is 1. The van der Waals surface area contributed by atoms with Crippen molar-refractivity contribution in [1.29, 1.82) is 0 Å². The molecule has 2 aromatic rings. The summed E-state index contributed by atoms with van der Waals surface area (Å²) in [7, 11) is 0. The number of hydrogen-bond acceptors (Lipinski definition) is 4. The van der Waals surface area contributed by atoms with Crippen molar-refractivity contribution in [3.05, 3.63) is 52.6 Å². The highest BCUT2D eigenvalue weighted by Crippen LogP contribution is 2.10. The van der Waals surface area contributed by atoms with Crippen LogP contribution in [0.5, 0.6) is 0 Å². The summed E-state index contributed by atoms with van der Waals surface area (Å²) in [5.74, 6) is -0.633. The van der Waals surface area contributed by atoms with E-state index in [9.17, 15) is 9.59 Å². The first-order valence-electron chi connectivity index (χ1n) is 6.72. The third-order valence-electron chi connectivity index (χ3n) is 3.14. The van der Waals surface area contributed by atoms with Gasteiger partial charge in [-0.25, -0.2) is 0 Å². The van der Waals surface area contributed by atoms with Gasteiger partial charge in [0.1, 0.15) is 0 Å². The first-order valence-corrected chi connectivity index (χ1v) is 6.72. The van der Waals surface area contributed by atoms with E-state index in [0.29, 0.717) is 5.56 Å². The zero-order valence-corrected chi connectivity index (χ0v) is 12.4. The smallest absolute Gasteiger partial charge is 0.310 e. The van der Waals surface area contributed by atoms with Gasteiger partial charge in [-0.3, -0.25) is 14.6 Å². The number of Topliss-reactive ketones (excluding diaryl/α,β-unsaturated/α-hetero) is 1. The van der Waals surface area contributed by atoms with Crippen LogP contribution in [0.4, 0.5) is 0 Å². The number of H-pyrrole nitrogens is 1. The van der Waals surface area contributed by atoms with Crippen LogP contribution in [0.2, 0.25) is 0 Å². The summed E-state index contributed by atoms with van der Waals surface area (Å²) in [4.78, 5) is 30.8. The van der Waals surface area contributed by atoms with Gasteiger partial charge in [-0.1, -0.05) is 6.07 Å². The summed E-state index contributed by atoms with van der Waals surface area (Å²) in [5.41, 5.74) is 3.92. The highest BCUT2D eigenvalue weighted by atomic mass is 16.5. The number of nitrogens with zero attached hydrogens (tertiary/aromatic N) is 1. The fourth-order valence-electron chi connectivity index (χ4n) is 2.06. The molecular weight excluding hydrogens is 268 g/mol.